The molecule has 1 aliphatic carbocycles. The molecule has 1 aromatic carbocycles. The Balaban J connectivity index is 1.36. The summed E-state index contributed by atoms with van der Waals surface area (Å²) in [6.07, 6.45) is 3.50. The van der Waals surface area contributed by atoms with Crippen LogP contribution in [0.2, 0.25) is 5.02 Å². The van der Waals surface area contributed by atoms with Gasteiger partial charge in [-0.3, -0.25) is 15.4 Å². The molecule has 4 N–H and O–H groups in total. The first-order valence-corrected chi connectivity index (χ1v) is 11.6. The first kappa shape index (κ1) is 22.8. The Bertz CT molecular complexity index is 778. The number of nitrogens with zero attached hydrogens (tertiary/aromatic N) is 3. The van der Waals surface area contributed by atoms with Crippen molar-refractivity contribution in [3.8, 4) is 6.07 Å². The van der Waals surface area contributed by atoms with E-state index in [4.69, 9.17) is 22.7 Å². The molecule has 2 amide bonds. The maximum Gasteiger partial charge on any atom is 0.239 e. The molecule has 8 nitrogen and oxygen atoms in total. The van der Waals surface area contributed by atoms with E-state index in [0.29, 0.717) is 22.3 Å². The van der Waals surface area contributed by atoms with E-state index in [9.17, 15) is 9.59 Å². The summed E-state index contributed by atoms with van der Waals surface area (Å²) in [6.45, 7) is 0.371. The van der Waals surface area contributed by atoms with E-state index in [1.54, 1.807) is 45.9 Å². The third-order valence-electron chi connectivity index (χ3n) is 5.51. The molecule has 1 atom stereocenters. The number of benzene rings is 1. The number of nitrogens with two attached hydrogens (primary N) is 1. The van der Waals surface area contributed by atoms with Crippen molar-refractivity contribution in [3.05, 3.63) is 29.3 Å². The van der Waals surface area contributed by atoms with Crippen LogP contribution in [0.25, 0.3) is 0 Å². The Kier molecular flexibility index (Phi) is 8.36. The molecule has 0 aromatic heterocycles. The van der Waals surface area contributed by atoms with Crippen LogP contribution >= 0.6 is 23.4 Å². The third-order valence-corrected chi connectivity index (χ3v) is 6.78. The number of rotatable bonds is 7. The van der Waals surface area contributed by atoms with Gasteiger partial charge in [-0.15, -0.1) is 11.8 Å². The number of carbonyl (C=O) groups is 2. The highest BCUT2D eigenvalue weighted by atomic mass is 35.5. The second-order valence-corrected chi connectivity index (χ2v) is 9.06. The summed E-state index contributed by atoms with van der Waals surface area (Å²) in [5, 5.41) is 17.5. The van der Waals surface area contributed by atoms with Gasteiger partial charge in [-0.1, -0.05) is 11.6 Å². The molecule has 1 saturated carbocycles. The number of hydrazine groups is 1. The molecular formula is C20H27ClN6O2S. The molecule has 30 heavy (non-hydrogen) atoms. The molecule has 1 aromatic rings. The summed E-state index contributed by atoms with van der Waals surface area (Å²) >= 11 is 7.44. The Morgan fingerprint density at radius 1 is 1.27 bits per heavy atom. The van der Waals surface area contributed by atoms with Crippen LogP contribution in [0.15, 0.2) is 24.3 Å². The summed E-state index contributed by atoms with van der Waals surface area (Å²) in [6, 6.07) is 9.20. The van der Waals surface area contributed by atoms with Crippen molar-refractivity contribution in [2.24, 2.45) is 5.84 Å². The Morgan fingerprint density at radius 3 is 2.63 bits per heavy atom. The quantitative estimate of drug-likeness (QED) is 0.428. The number of hydrogen-bond donors (Lipinski definition) is 3. The summed E-state index contributed by atoms with van der Waals surface area (Å²) in [4.78, 5) is 26.2. The number of thioether (sulfide) groups is 1. The van der Waals surface area contributed by atoms with Crippen molar-refractivity contribution in [1.82, 2.24) is 15.2 Å². The van der Waals surface area contributed by atoms with E-state index in [-0.39, 0.29) is 43.0 Å². The smallest absolute Gasteiger partial charge is 0.239 e. The van der Waals surface area contributed by atoms with Gasteiger partial charge in [0.05, 0.1) is 25.0 Å². The number of anilines is 1. The van der Waals surface area contributed by atoms with Crippen molar-refractivity contribution in [3.63, 3.8) is 0 Å². The maximum atomic E-state index is 12.5. The average molecular weight is 451 g/mol. The fraction of sp³-hybridized carbons (Fsp3) is 0.550. The highest BCUT2D eigenvalue weighted by Crippen LogP contribution is 2.23. The van der Waals surface area contributed by atoms with Crippen molar-refractivity contribution >= 4 is 40.9 Å². The van der Waals surface area contributed by atoms with Gasteiger partial charge in [0, 0.05) is 28.5 Å². The zero-order chi connectivity index (χ0) is 21.5. The molecule has 0 radical (unpaired) electrons. The average Bonchev–Trinajstić information content (AvgIpc) is 3.23. The molecule has 162 valence electrons. The molecule has 1 heterocycles. The summed E-state index contributed by atoms with van der Waals surface area (Å²) in [7, 11) is 0. The number of carbonyl (C=O) groups excluding carboxylic acids is 2. The van der Waals surface area contributed by atoms with Gasteiger partial charge in [0.1, 0.15) is 6.04 Å². The molecule has 2 aliphatic rings. The van der Waals surface area contributed by atoms with Gasteiger partial charge in [0.25, 0.3) is 0 Å². The van der Waals surface area contributed by atoms with Gasteiger partial charge in [-0.05, 0) is 49.9 Å². The minimum atomic E-state index is -0.352. The zero-order valence-electron chi connectivity index (χ0n) is 16.7. The summed E-state index contributed by atoms with van der Waals surface area (Å²) < 4.78 is 0. The van der Waals surface area contributed by atoms with Crippen LogP contribution in [0.5, 0.6) is 0 Å². The maximum absolute atomic E-state index is 12.5. The highest BCUT2D eigenvalue weighted by Gasteiger charge is 2.32. The number of nitrogens with one attached hydrogen (secondary N) is 2. The van der Waals surface area contributed by atoms with Gasteiger partial charge < -0.3 is 15.5 Å². The Morgan fingerprint density at radius 2 is 1.97 bits per heavy atom. The predicted octanol–water partition coefficient (Wildman–Crippen LogP) is 1.78. The van der Waals surface area contributed by atoms with Crippen LogP contribution in [0.4, 0.5) is 5.69 Å². The van der Waals surface area contributed by atoms with E-state index in [1.165, 1.54) is 0 Å². The lowest BCUT2D eigenvalue weighted by atomic mass is 9.90. The lowest BCUT2D eigenvalue weighted by Crippen LogP contribution is -2.51. The molecule has 3 rings (SSSR count). The predicted molar refractivity (Wildman–Crippen MR) is 119 cm³/mol. The molecule has 10 heteroatoms. The van der Waals surface area contributed by atoms with Crippen LogP contribution in [-0.2, 0) is 9.59 Å². The van der Waals surface area contributed by atoms with Gasteiger partial charge in [0.2, 0.25) is 11.8 Å². The van der Waals surface area contributed by atoms with Gasteiger partial charge in [-0.2, -0.15) is 5.26 Å². The van der Waals surface area contributed by atoms with E-state index in [0.717, 1.165) is 25.7 Å². The van der Waals surface area contributed by atoms with E-state index < -0.39 is 0 Å². The van der Waals surface area contributed by atoms with Crippen molar-refractivity contribution in [1.29, 1.82) is 5.26 Å². The lowest BCUT2D eigenvalue weighted by molar-refractivity contribution is -0.132. The SMILES string of the molecule is N#CC1CSCN1C(=O)CN(N)C1CCC(NCC(=O)Nc2ccc(Cl)cc2)CC1. The highest BCUT2D eigenvalue weighted by molar-refractivity contribution is 7.99. The minimum absolute atomic E-state index is 0.0897. The molecular weight excluding hydrogens is 424 g/mol. The van der Waals surface area contributed by atoms with Crippen molar-refractivity contribution in [2.75, 3.05) is 30.0 Å². The van der Waals surface area contributed by atoms with Gasteiger partial charge in [0.15, 0.2) is 0 Å². The number of nitriles is 1. The summed E-state index contributed by atoms with van der Waals surface area (Å²) in [5.41, 5.74) is 0.716. The van der Waals surface area contributed by atoms with Crippen LogP contribution in [0.1, 0.15) is 25.7 Å². The molecule has 0 spiro atoms. The molecule has 1 saturated heterocycles. The minimum Gasteiger partial charge on any atom is -0.325 e. The summed E-state index contributed by atoms with van der Waals surface area (Å²) in [5.74, 6) is 7.20. The topological polar surface area (TPSA) is 114 Å². The van der Waals surface area contributed by atoms with Gasteiger partial charge in [-0.25, -0.2) is 5.01 Å². The monoisotopic (exact) mass is 450 g/mol. The largest absolute Gasteiger partial charge is 0.325 e. The molecule has 1 unspecified atom stereocenters. The van der Waals surface area contributed by atoms with Crippen molar-refractivity contribution < 1.29 is 9.59 Å². The fourth-order valence-electron chi connectivity index (χ4n) is 3.76. The third kappa shape index (κ3) is 6.33. The molecule has 1 aliphatic heterocycles. The van der Waals surface area contributed by atoms with Crippen LogP contribution in [-0.4, -0.2) is 64.6 Å². The number of amides is 2. The van der Waals surface area contributed by atoms with Crippen LogP contribution < -0.4 is 16.5 Å². The Labute approximate surface area is 186 Å². The van der Waals surface area contributed by atoms with Crippen LogP contribution in [0.3, 0.4) is 0 Å². The second-order valence-electron chi connectivity index (χ2n) is 7.62. The molecule has 2 fully saturated rings. The zero-order valence-corrected chi connectivity index (χ0v) is 18.3. The van der Waals surface area contributed by atoms with E-state index >= 15 is 0 Å². The van der Waals surface area contributed by atoms with E-state index in [1.807, 2.05) is 0 Å². The van der Waals surface area contributed by atoms with Crippen molar-refractivity contribution in [2.45, 2.75) is 43.8 Å². The van der Waals surface area contributed by atoms with E-state index in [2.05, 4.69) is 16.7 Å². The lowest BCUT2D eigenvalue weighted by Gasteiger charge is -2.35. The molecule has 0 bridgehead atoms. The van der Waals surface area contributed by atoms with Crippen LogP contribution in [0, 0.1) is 11.3 Å². The second kappa shape index (κ2) is 11.0. The first-order valence-electron chi connectivity index (χ1n) is 10.0. The normalized spacial score (nSPS) is 23.9. The Hall–Kier alpha value is -1.83. The standard InChI is InChI=1S/C20H27ClN6O2S/c21-14-1-3-16(4-2-14)25-19(28)10-24-15-5-7-17(8-6-15)27(23)11-20(29)26-13-30-12-18(26)9-22/h1-4,15,17-18,24H,5-8,10-13,23H2,(H,25,28). The number of hydrogen-bond acceptors (Lipinski definition) is 7. The van der Waals surface area contributed by atoms with Gasteiger partial charge >= 0.3 is 0 Å². The number of halogens is 1. The first-order chi connectivity index (χ1) is 14.5. The fourth-order valence-corrected chi connectivity index (χ4v) is 4.99.